The molecule has 2 aromatic carbocycles. The highest BCUT2D eigenvalue weighted by Gasteiger charge is 2.15. The van der Waals surface area contributed by atoms with Gasteiger partial charge in [0, 0.05) is 30.2 Å². The fourth-order valence-corrected chi connectivity index (χ4v) is 3.31. The molecule has 2 aromatic rings. The summed E-state index contributed by atoms with van der Waals surface area (Å²) in [7, 11) is 0. The van der Waals surface area contributed by atoms with Crippen molar-refractivity contribution >= 4 is 17.5 Å². The van der Waals surface area contributed by atoms with Gasteiger partial charge in [-0.25, -0.2) is 0 Å². The van der Waals surface area contributed by atoms with Crippen molar-refractivity contribution in [3.8, 4) is 0 Å². The third-order valence-electron chi connectivity index (χ3n) is 4.69. The van der Waals surface area contributed by atoms with Gasteiger partial charge in [0.2, 0.25) is 0 Å². The minimum Gasteiger partial charge on any atom is -0.379 e. The van der Waals surface area contributed by atoms with Crippen LogP contribution >= 0.6 is 11.6 Å². The van der Waals surface area contributed by atoms with Gasteiger partial charge in [0.25, 0.3) is 5.91 Å². The number of nitrogens with one attached hydrogen (secondary N) is 1. The summed E-state index contributed by atoms with van der Waals surface area (Å²) in [6, 6.07) is 15.5. The third kappa shape index (κ3) is 5.07. The largest absolute Gasteiger partial charge is 0.379 e. The van der Waals surface area contributed by atoms with E-state index in [1.165, 1.54) is 0 Å². The van der Waals surface area contributed by atoms with Gasteiger partial charge in [-0.05, 0) is 41.8 Å². The zero-order chi connectivity index (χ0) is 18.4. The zero-order valence-corrected chi connectivity index (χ0v) is 15.8. The molecular formula is C21H25ClN2O2. The van der Waals surface area contributed by atoms with Gasteiger partial charge in [-0.1, -0.05) is 42.8 Å². The van der Waals surface area contributed by atoms with E-state index in [0.29, 0.717) is 10.6 Å². The van der Waals surface area contributed by atoms with Gasteiger partial charge >= 0.3 is 0 Å². The first-order chi connectivity index (χ1) is 12.7. The molecule has 3 rings (SSSR count). The van der Waals surface area contributed by atoms with Crippen LogP contribution < -0.4 is 5.32 Å². The van der Waals surface area contributed by atoms with Crippen LogP contribution in [0.25, 0.3) is 0 Å². The summed E-state index contributed by atoms with van der Waals surface area (Å²) >= 11 is 5.96. The van der Waals surface area contributed by atoms with Gasteiger partial charge in [0.15, 0.2) is 0 Å². The number of amides is 1. The van der Waals surface area contributed by atoms with E-state index < -0.39 is 0 Å². The van der Waals surface area contributed by atoms with Crippen molar-refractivity contribution in [1.29, 1.82) is 0 Å². The minimum atomic E-state index is -0.0457. The quantitative estimate of drug-likeness (QED) is 0.831. The average molecular weight is 373 g/mol. The smallest absolute Gasteiger partial charge is 0.251 e. The molecule has 1 aliphatic heterocycles. The first-order valence-electron chi connectivity index (χ1n) is 9.11. The molecule has 5 heteroatoms. The molecule has 0 aromatic heterocycles. The molecule has 0 spiro atoms. The maximum Gasteiger partial charge on any atom is 0.251 e. The van der Waals surface area contributed by atoms with Crippen molar-refractivity contribution < 1.29 is 9.53 Å². The van der Waals surface area contributed by atoms with E-state index in [0.717, 1.165) is 50.4 Å². The van der Waals surface area contributed by atoms with Crippen molar-refractivity contribution in [1.82, 2.24) is 10.2 Å². The Morgan fingerprint density at radius 2 is 1.92 bits per heavy atom. The lowest BCUT2D eigenvalue weighted by Gasteiger charge is -2.26. The summed E-state index contributed by atoms with van der Waals surface area (Å²) in [6.45, 7) is 6.34. The van der Waals surface area contributed by atoms with Crippen LogP contribution in [-0.2, 0) is 11.3 Å². The molecule has 0 radical (unpaired) electrons. The second-order valence-electron chi connectivity index (χ2n) is 6.57. The second kappa shape index (κ2) is 9.17. The molecule has 138 valence electrons. The van der Waals surface area contributed by atoms with Crippen molar-refractivity contribution in [2.45, 2.75) is 25.9 Å². The molecule has 1 heterocycles. The van der Waals surface area contributed by atoms with E-state index in [1.807, 2.05) is 42.5 Å². The lowest BCUT2D eigenvalue weighted by Crippen LogP contribution is -2.35. The minimum absolute atomic E-state index is 0.0253. The molecule has 1 amide bonds. The lowest BCUT2D eigenvalue weighted by atomic mass is 10.0. The van der Waals surface area contributed by atoms with Crippen LogP contribution in [0, 0.1) is 0 Å². The highest BCUT2D eigenvalue weighted by atomic mass is 35.5. The van der Waals surface area contributed by atoms with Gasteiger partial charge in [-0.2, -0.15) is 0 Å². The zero-order valence-electron chi connectivity index (χ0n) is 15.1. The van der Waals surface area contributed by atoms with Crippen LogP contribution in [0.1, 0.15) is 40.9 Å². The fourth-order valence-electron chi connectivity index (χ4n) is 3.19. The van der Waals surface area contributed by atoms with Gasteiger partial charge in [-0.15, -0.1) is 0 Å². The summed E-state index contributed by atoms with van der Waals surface area (Å²) in [6.07, 6.45) is 0.820. The Hall–Kier alpha value is -1.88. The summed E-state index contributed by atoms with van der Waals surface area (Å²) in [5, 5.41) is 3.83. The summed E-state index contributed by atoms with van der Waals surface area (Å²) in [4.78, 5) is 15.1. The van der Waals surface area contributed by atoms with Crippen LogP contribution in [0.2, 0.25) is 5.02 Å². The second-order valence-corrected chi connectivity index (χ2v) is 7.01. The molecule has 4 nitrogen and oxygen atoms in total. The number of nitrogens with zero attached hydrogens (tertiary/aromatic N) is 1. The van der Waals surface area contributed by atoms with E-state index in [4.69, 9.17) is 16.3 Å². The van der Waals surface area contributed by atoms with Crippen LogP contribution in [0.3, 0.4) is 0 Å². The van der Waals surface area contributed by atoms with E-state index in [-0.39, 0.29) is 11.9 Å². The Morgan fingerprint density at radius 1 is 1.19 bits per heavy atom. The number of hydrogen-bond acceptors (Lipinski definition) is 3. The number of carbonyl (C=O) groups is 1. The van der Waals surface area contributed by atoms with Crippen LogP contribution in [0.4, 0.5) is 0 Å². The Bertz CT molecular complexity index is 727. The number of carbonyl (C=O) groups excluding carboxylic acids is 1. The van der Waals surface area contributed by atoms with Gasteiger partial charge in [-0.3, -0.25) is 9.69 Å². The fraction of sp³-hybridized carbons (Fsp3) is 0.381. The summed E-state index contributed by atoms with van der Waals surface area (Å²) < 4.78 is 5.39. The number of hydrogen-bond donors (Lipinski definition) is 1. The van der Waals surface area contributed by atoms with Gasteiger partial charge < -0.3 is 10.1 Å². The monoisotopic (exact) mass is 372 g/mol. The predicted octanol–water partition coefficient (Wildman–Crippen LogP) is 4.05. The Balaban J connectivity index is 1.66. The van der Waals surface area contributed by atoms with E-state index in [9.17, 15) is 4.79 Å². The molecule has 1 unspecified atom stereocenters. The normalized spacial score (nSPS) is 16.2. The molecule has 0 aliphatic carbocycles. The average Bonchev–Trinajstić information content (AvgIpc) is 2.68. The predicted molar refractivity (Wildman–Crippen MR) is 104 cm³/mol. The molecule has 1 aliphatic rings. The topological polar surface area (TPSA) is 41.6 Å². The molecule has 1 fully saturated rings. The van der Waals surface area contributed by atoms with Crippen molar-refractivity contribution in [3.05, 3.63) is 70.2 Å². The van der Waals surface area contributed by atoms with E-state index in [2.05, 4.69) is 23.2 Å². The third-order valence-corrected chi connectivity index (χ3v) is 4.94. The van der Waals surface area contributed by atoms with Gasteiger partial charge in [0.1, 0.15) is 0 Å². The van der Waals surface area contributed by atoms with E-state index in [1.54, 1.807) is 0 Å². The Labute approximate surface area is 160 Å². The molecule has 1 atom stereocenters. The first kappa shape index (κ1) is 18.9. The van der Waals surface area contributed by atoms with Crippen LogP contribution in [0.5, 0.6) is 0 Å². The number of halogens is 1. The highest BCUT2D eigenvalue weighted by molar-refractivity contribution is 6.30. The van der Waals surface area contributed by atoms with Crippen molar-refractivity contribution in [2.75, 3.05) is 26.3 Å². The highest BCUT2D eigenvalue weighted by Crippen LogP contribution is 2.20. The number of morpholine rings is 1. The maximum atomic E-state index is 12.7. The Morgan fingerprint density at radius 3 is 2.62 bits per heavy atom. The SMILES string of the molecule is CCC(NC(=O)c1cccc(CN2CCOCC2)c1)c1ccc(Cl)cc1. The molecular weight excluding hydrogens is 348 g/mol. The van der Waals surface area contributed by atoms with E-state index >= 15 is 0 Å². The molecule has 1 N–H and O–H groups in total. The molecule has 0 saturated carbocycles. The van der Waals surface area contributed by atoms with Crippen LogP contribution in [-0.4, -0.2) is 37.1 Å². The number of benzene rings is 2. The standard InChI is InChI=1S/C21H25ClN2O2/c1-2-20(17-6-8-19(22)9-7-17)23-21(25)18-5-3-4-16(14-18)15-24-10-12-26-13-11-24/h3-9,14,20H,2,10-13,15H2,1H3,(H,23,25). The van der Waals surface area contributed by atoms with Crippen molar-refractivity contribution in [2.24, 2.45) is 0 Å². The molecule has 26 heavy (non-hydrogen) atoms. The number of rotatable bonds is 6. The summed E-state index contributed by atoms with van der Waals surface area (Å²) in [5.74, 6) is -0.0457. The Kier molecular flexibility index (Phi) is 6.67. The van der Waals surface area contributed by atoms with Gasteiger partial charge in [0.05, 0.1) is 19.3 Å². The van der Waals surface area contributed by atoms with Crippen molar-refractivity contribution in [3.63, 3.8) is 0 Å². The summed E-state index contributed by atoms with van der Waals surface area (Å²) in [5.41, 5.74) is 2.91. The van der Waals surface area contributed by atoms with Crippen LogP contribution in [0.15, 0.2) is 48.5 Å². The lowest BCUT2D eigenvalue weighted by molar-refractivity contribution is 0.0342. The first-order valence-corrected chi connectivity index (χ1v) is 9.49. The maximum absolute atomic E-state index is 12.7. The molecule has 0 bridgehead atoms. The molecule has 1 saturated heterocycles. The number of ether oxygens (including phenoxy) is 1.